The molecule has 1 aromatic carbocycles. The van der Waals surface area contributed by atoms with Crippen LogP contribution in [-0.4, -0.2) is 0 Å². The molecule has 0 amide bonds. The van der Waals surface area contributed by atoms with E-state index >= 15 is 0 Å². The molecule has 12 heavy (non-hydrogen) atoms. The van der Waals surface area contributed by atoms with Crippen molar-refractivity contribution in [2.45, 2.75) is 25.7 Å². The van der Waals surface area contributed by atoms with Crippen molar-refractivity contribution in [1.82, 2.24) is 0 Å². The second kappa shape index (κ2) is 4.63. The molecule has 1 N–H and O–H groups in total. The Hall–Kier alpha value is 0.462. The molecular formula is C10H12AcN-. The predicted octanol–water partition coefficient (Wildman–Crippen LogP) is 3.25. The third-order valence-electron chi connectivity index (χ3n) is 2.40. The van der Waals surface area contributed by atoms with Crippen molar-refractivity contribution in [2.75, 3.05) is 0 Å². The van der Waals surface area contributed by atoms with Crippen molar-refractivity contribution >= 4 is 5.69 Å². The molecule has 2 heteroatoms. The van der Waals surface area contributed by atoms with Crippen LogP contribution in [0.1, 0.15) is 24.0 Å². The van der Waals surface area contributed by atoms with Crippen LogP contribution in [0.5, 0.6) is 0 Å². The van der Waals surface area contributed by atoms with Gasteiger partial charge < -0.3 is 5.73 Å². The van der Waals surface area contributed by atoms with Crippen LogP contribution in [-0.2, 0) is 12.8 Å². The monoisotopic (exact) mass is 373 g/mol. The maximum Gasteiger partial charge on any atom is 0 e. The van der Waals surface area contributed by atoms with Gasteiger partial charge in [0.05, 0.1) is 0 Å². The van der Waals surface area contributed by atoms with E-state index in [0.717, 1.165) is 12.1 Å². The molecule has 0 aromatic heterocycles. The van der Waals surface area contributed by atoms with E-state index in [9.17, 15) is 0 Å². The zero-order valence-corrected chi connectivity index (χ0v) is 11.9. The molecule has 61 valence electrons. The van der Waals surface area contributed by atoms with Crippen LogP contribution >= 0.6 is 0 Å². The van der Waals surface area contributed by atoms with Gasteiger partial charge in [0.1, 0.15) is 0 Å². The molecule has 0 fully saturated rings. The van der Waals surface area contributed by atoms with Gasteiger partial charge in [-0.05, 0) is 31.2 Å². The van der Waals surface area contributed by atoms with E-state index in [0.29, 0.717) is 0 Å². The van der Waals surface area contributed by atoms with Crippen LogP contribution in [0.2, 0.25) is 0 Å². The Labute approximate surface area is 109 Å². The summed E-state index contributed by atoms with van der Waals surface area (Å²) >= 11 is 0. The van der Waals surface area contributed by atoms with Crippen molar-refractivity contribution in [2.24, 2.45) is 0 Å². The molecule has 1 aliphatic carbocycles. The van der Waals surface area contributed by atoms with Gasteiger partial charge >= 0.3 is 0 Å². The fraction of sp³-hybridized carbons (Fsp3) is 0.400. The fourth-order valence-corrected chi connectivity index (χ4v) is 1.78. The van der Waals surface area contributed by atoms with Gasteiger partial charge in [0.15, 0.2) is 0 Å². The Balaban J connectivity index is 0.000000720. The summed E-state index contributed by atoms with van der Waals surface area (Å²) in [6.07, 6.45) is 4.87. The quantitative estimate of drug-likeness (QED) is 0.667. The molecule has 2 rings (SSSR count). The summed E-state index contributed by atoms with van der Waals surface area (Å²) in [5.41, 5.74) is 11.1. The average Bonchev–Trinajstić information content (AvgIpc) is 2.06. The predicted molar refractivity (Wildman–Crippen MR) is 47.1 cm³/mol. The Morgan fingerprint density at radius 1 is 1.08 bits per heavy atom. The Morgan fingerprint density at radius 2 is 1.83 bits per heavy atom. The maximum absolute atomic E-state index is 7.65. The van der Waals surface area contributed by atoms with Gasteiger partial charge in [-0.25, -0.2) is 0 Å². The maximum atomic E-state index is 7.65. The summed E-state index contributed by atoms with van der Waals surface area (Å²) < 4.78 is 0. The van der Waals surface area contributed by atoms with E-state index in [1.165, 1.54) is 30.4 Å². The minimum absolute atomic E-state index is 0. The third kappa shape index (κ3) is 2.03. The van der Waals surface area contributed by atoms with Gasteiger partial charge in [0, 0.05) is 44.1 Å². The van der Waals surface area contributed by atoms with Gasteiger partial charge in [0.25, 0.3) is 0 Å². The molecule has 0 bridgehead atoms. The number of hydrogen-bond donors (Lipinski definition) is 0. The second-order valence-corrected chi connectivity index (χ2v) is 3.15. The summed E-state index contributed by atoms with van der Waals surface area (Å²) in [4.78, 5) is 0. The molecule has 0 saturated carbocycles. The second-order valence-electron chi connectivity index (χ2n) is 3.15. The van der Waals surface area contributed by atoms with Gasteiger partial charge in [-0.1, -0.05) is 23.8 Å². The van der Waals surface area contributed by atoms with E-state index in [1.54, 1.807) is 0 Å². The molecule has 0 aliphatic heterocycles. The van der Waals surface area contributed by atoms with E-state index in [-0.39, 0.29) is 44.1 Å². The van der Waals surface area contributed by atoms with E-state index < -0.39 is 0 Å². The normalized spacial score (nSPS) is 14.7. The first-order valence-electron chi connectivity index (χ1n) is 4.20. The van der Waals surface area contributed by atoms with Gasteiger partial charge in [-0.15, -0.1) is 5.69 Å². The fourth-order valence-electron chi connectivity index (χ4n) is 1.78. The number of hydrogen-bond acceptors (Lipinski definition) is 0. The first-order valence-corrected chi connectivity index (χ1v) is 4.20. The van der Waals surface area contributed by atoms with Crippen molar-refractivity contribution in [3.05, 3.63) is 35.1 Å². The smallest absolute Gasteiger partial charge is 0 e. The SMILES string of the molecule is [Ac].[NH-]c1cccc2c1CCCC2. The molecule has 0 heterocycles. The largest absolute Gasteiger partial charge is 0.698 e. The van der Waals surface area contributed by atoms with Gasteiger partial charge in [0.2, 0.25) is 0 Å². The van der Waals surface area contributed by atoms with Crippen molar-refractivity contribution < 1.29 is 44.1 Å². The Kier molecular flexibility index (Phi) is 4.07. The van der Waals surface area contributed by atoms with Crippen LogP contribution < -0.4 is 0 Å². The Bertz CT molecular complexity index is 271. The summed E-state index contributed by atoms with van der Waals surface area (Å²) in [5.74, 6) is 0. The minimum atomic E-state index is 0. The molecule has 1 radical (unpaired) electrons. The molecule has 0 atom stereocenters. The molecule has 0 saturated heterocycles. The zero-order valence-electron chi connectivity index (χ0n) is 7.14. The van der Waals surface area contributed by atoms with Gasteiger partial charge in [-0.2, -0.15) is 0 Å². The van der Waals surface area contributed by atoms with Crippen molar-refractivity contribution in [3.8, 4) is 0 Å². The van der Waals surface area contributed by atoms with Crippen LogP contribution in [0.25, 0.3) is 5.73 Å². The van der Waals surface area contributed by atoms with Crippen molar-refractivity contribution in [3.63, 3.8) is 0 Å². The molecule has 1 aliphatic rings. The van der Waals surface area contributed by atoms with Crippen molar-refractivity contribution in [1.29, 1.82) is 0 Å². The summed E-state index contributed by atoms with van der Waals surface area (Å²) in [5, 5.41) is 0. The minimum Gasteiger partial charge on any atom is -0.698 e. The number of nitrogens with one attached hydrogen (secondary N) is 1. The standard InChI is InChI=1S/C10H12N.Ac/c11-10-7-3-5-8-4-1-2-6-9(8)10;/h3,5,7,11H,1-2,4,6H2;/q-1;. The van der Waals surface area contributed by atoms with Crippen LogP contribution in [0.4, 0.5) is 5.69 Å². The molecule has 1 nitrogen and oxygen atoms in total. The topological polar surface area (TPSA) is 23.8 Å². The van der Waals surface area contributed by atoms with E-state index in [1.807, 2.05) is 12.1 Å². The molecule has 0 unspecified atom stereocenters. The molecular weight excluding hydrogens is 361 g/mol. The average molecular weight is 373 g/mol. The van der Waals surface area contributed by atoms with Gasteiger partial charge in [-0.3, -0.25) is 0 Å². The van der Waals surface area contributed by atoms with E-state index in [2.05, 4.69) is 6.07 Å². The van der Waals surface area contributed by atoms with Crippen LogP contribution in [0.15, 0.2) is 18.2 Å². The number of rotatable bonds is 0. The summed E-state index contributed by atoms with van der Waals surface area (Å²) in [6, 6.07) is 6.04. The molecule has 1 aromatic rings. The number of aryl methyl sites for hydroxylation is 1. The first kappa shape index (κ1) is 10.5. The van der Waals surface area contributed by atoms with Crippen LogP contribution in [0.3, 0.4) is 0 Å². The summed E-state index contributed by atoms with van der Waals surface area (Å²) in [7, 11) is 0. The summed E-state index contributed by atoms with van der Waals surface area (Å²) in [6.45, 7) is 0. The zero-order chi connectivity index (χ0) is 7.68. The number of fused-ring (bicyclic) bond motifs is 1. The first-order chi connectivity index (χ1) is 5.38. The van der Waals surface area contributed by atoms with E-state index in [4.69, 9.17) is 5.73 Å². The Morgan fingerprint density at radius 3 is 2.58 bits per heavy atom. The third-order valence-corrected chi connectivity index (χ3v) is 2.40. The van der Waals surface area contributed by atoms with Crippen LogP contribution in [0, 0.1) is 44.1 Å². The number of benzene rings is 1. The molecule has 0 spiro atoms.